The second-order valence-corrected chi connectivity index (χ2v) is 6.17. The fraction of sp³-hybridized carbons (Fsp3) is 0.250. The number of aromatic nitrogens is 2. The smallest absolute Gasteiger partial charge is 0.416 e. The van der Waals surface area contributed by atoms with Crippen LogP contribution in [0.1, 0.15) is 35.4 Å². The Labute approximate surface area is 165 Å². The molecule has 6 nitrogen and oxygen atoms in total. The molecule has 0 spiro atoms. The molecule has 0 amide bonds. The van der Waals surface area contributed by atoms with E-state index in [1.165, 1.54) is 12.1 Å². The van der Waals surface area contributed by atoms with Gasteiger partial charge in [-0.25, -0.2) is 0 Å². The van der Waals surface area contributed by atoms with E-state index in [2.05, 4.69) is 15.4 Å². The first kappa shape index (κ1) is 20.4. The van der Waals surface area contributed by atoms with Gasteiger partial charge in [-0.3, -0.25) is 0 Å². The average molecular weight is 405 g/mol. The Bertz CT molecular complexity index is 965. The number of ether oxygens (including phenoxy) is 1. The van der Waals surface area contributed by atoms with Gasteiger partial charge >= 0.3 is 6.18 Å². The molecule has 0 atom stereocenters. The third kappa shape index (κ3) is 5.81. The van der Waals surface area contributed by atoms with Crippen molar-refractivity contribution in [1.29, 1.82) is 0 Å². The van der Waals surface area contributed by atoms with Gasteiger partial charge in [0.05, 0.1) is 11.3 Å². The molecule has 0 aliphatic rings. The van der Waals surface area contributed by atoms with Crippen molar-refractivity contribution in [3.63, 3.8) is 0 Å². The Kier molecular flexibility index (Phi) is 6.16. The molecule has 3 aromatic rings. The summed E-state index contributed by atoms with van der Waals surface area (Å²) >= 11 is 0. The number of nitrogens with zero attached hydrogens (tertiary/aromatic N) is 3. The van der Waals surface area contributed by atoms with E-state index in [1.807, 2.05) is 12.1 Å². The molecule has 29 heavy (non-hydrogen) atoms. The number of hydrogen-bond acceptors (Lipinski definition) is 6. The fourth-order valence-electron chi connectivity index (χ4n) is 2.38. The maximum atomic E-state index is 12.6. The first-order valence-electron chi connectivity index (χ1n) is 8.66. The highest BCUT2D eigenvalue weighted by atomic mass is 19.4. The lowest BCUT2D eigenvalue weighted by Gasteiger charge is -2.08. The summed E-state index contributed by atoms with van der Waals surface area (Å²) in [5.41, 5.74) is 1.33. The summed E-state index contributed by atoms with van der Waals surface area (Å²) in [6, 6.07) is 11.9. The van der Waals surface area contributed by atoms with Gasteiger partial charge < -0.3 is 14.0 Å². The standard InChI is InChI=1S/C20H18F3N3O3/c1-13(26-28-11-15-3-7-17(8-4-15)20(21,22)23)16-5-9-18(10-6-16)27-12-19-25-24-14(2)29-19/h3-10H,11-12H2,1-2H3/b26-13+. The highest BCUT2D eigenvalue weighted by Crippen LogP contribution is 2.29. The van der Waals surface area contributed by atoms with Gasteiger partial charge in [0.1, 0.15) is 12.4 Å². The molecule has 0 saturated heterocycles. The average Bonchev–Trinajstić information content (AvgIpc) is 3.11. The molecule has 3 rings (SSSR count). The zero-order valence-electron chi connectivity index (χ0n) is 15.7. The van der Waals surface area contributed by atoms with E-state index in [4.69, 9.17) is 14.0 Å². The van der Waals surface area contributed by atoms with Crippen molar-refractivity contribution in [2.75, 3.05) is 0 Å². The summed E-state index contributed by atoms with van der Waals surface area (Å²) in [4.78, 5) is 5.25. The lowest BCUT2D eigenvalue weighted by molar-refractivity contribution is -0.137. The monoisotopic (exact) mass is 405 g/mol. The predicted molar refractivity (Wildman–Crippen MR) is 98.3 cm³/mol. The highest BCUT2D eigenvalue weighted by molar-refractivity contribution is 5.98. The fourth-order valence-corrected chi connectivity index (χ4v) is 2.38. The summed E-state index contributed by atoms with van der Waals surface area (Å²) < 4.78 is 48.5. The van der Waals surface area contributed by atoms with Gasteiger partial charge in [0.2, 0.25) is 5.89 Å². The van der Waals surface area contributed by atoms with E-state index in [9.17, 15) is 13.2 Å². The Morgan fingerprint density at radius 2 is 1.69 bits per heavy atom. The number of rotatable bonds is 7. The predicted octanol–water partition coefficient (Wildman–Crippen LogP) is 4.92. The first-order valence-corrected chi connectivity index (χ1v) is 8.66. The summed E-state index contributed by atoms with van der Waals surface area (Å²) in [7, 11) is 0. The topological polar surface area (TPSA) is 69.7 Å². The van der Waals surface area contributed by atoms with Gasteiger partial charge in [-0.2, -0.15) is 13.2 Å². The lowest BCUT2D eigenvalue weighted by Crippen LogP contribution is -2.04. The third-order valence-electron chi connectivity index (χ3n) is 3.92. The molecule has 0 saturated carbocycles. The van der Waals surface area contributed by atoms with Crippen molar-refractivity contribution in [3.05, 3.63) is 77.0 Å². The van der Waals surface area contributed by atoms with E-state index >= 15 is 0 Å². The molecule has 0 unspecified atom stereocenters. The molecule has 1 aromatic heterocycles. The summed E-state index contributed by atoms with van der Waals surface area (Å²) in [5, 5.41) is 11.6. The highest BCUT2D eigenvalue weighted by Gasteiger charge is 2.29. The van der Waals surface area contributed by atoms with E-state index in [0.29, 0.717) is 28.8 Å². The molecule has 9 heteroatoms. The van der Waals surface area contributed by atoms with Crippen molar-refractivity contribution in [2.24, 2.45) is 5.16 Å². The number of hydrogen-bond donors (Lipinski definition) is 0. The normalized spacial score (nSPS) is 12.1. The van der Waals surface area contributed by atoms with Crippen molar-refractivity contribution >= 4 is 5.71 Å². The molecular formula is C20H18F3N3O3. The van der Waals surface area contributed by atoms with E-state index in [1.54, 1.807) is 26.0 Å². The molecule has 152 valence electrons. The van der Waals surface area contributed by atoms with E-state index in [-0.39, 0.29) is 13.2 Å². The summed E-state index contributed by atoms with van der Waals surface area (Å²) in [6.07, 6.45) is -4.35. The molecular weight excluding hydrogens is 387 g/mol. The van der Waals surface area contributed by atoms with Crippen LogP contribution < -0.4 is 4.74 Å². The van der Waals surface area contributed by atoms with Gasteiger partial charge in [-0.1, -0.05) is 17.3 Å². The van der Waals surface area contributed by atoms with Crippen LogP contribution in [0.15, 0.2) is 58.1 Å². The second kappa shape index (κ2) is 8.76. The van der Waals surface area contributed by atoms with Crippen LogP contribution in [0.2, 0.25) is 0 Å². The zero-order valence-corrected chi connectivity index (χ0v) is 15.7. The van der Waals surface area contributed by atoms with Crippen molar-refractivity contribution in [3.8, 4) is 5.75 Å². The Balaban J connectivity index is 1.51. The molecule has 0 fully saturated rings. The van der Waals surface area contributed by atoms with Crippen LogP contribution in [0, 0.1) is 6.92 Å². The van der Waals surface area contributed by atoms with Gasteiger partial charge in [0.15, 0.2) is 6.61 Å². The van der Waals surface area contributed by atoms with E-state index < -0.39 is 11.7 Å². The molecule has 0 aliphatic carbocycles. The minimum atomic E-state index is -4.35. The SMILES string of the molecule is C/C(=N\OCc1ccc(C(F)(F)F)cc1)c1ccc(OCc2nnc(C)o2)cc1. The van der Waals surface area contributed by atoms with Crippen LogP contribution >= 0.6 is 0 Å². The molecule has 0 bridgehead atoms. The van der Waals surface area contributed by atoms with Crippen molar-refractivity contribution < 1.29 is 27.2 Å². The van der Waals surface area contributed by atoms with Crippen LogP contribution in [-0.4, -0.2) is 15.9 Å². The number of aryl methyl sites for hydroxylation is 1. The van der Waals surface area contributed by atoms with Crippen LogP contribution in [0.4, 0.5) is 13.2 Å². The quantitative estimate of drug-likeness (QED) is 0.412. The molecule has 0 aliphatic heterocycles. The maximum Gasteiger partial charge on any atom is 0.416 e. The number of alkyl halides is 3. The number of oxime groups is 1. The summed E-state index contributed by atoms with van der Waals surface area (Å²) in [6.45, 7) is 3.71. The summed E-state index contributed by atoms with van der Waals surface area (Å²) in [5.74, 6) is 1.49. The maximum absolute atomic E-state index is 12.6. The molecule has 1 heterocycles. The van der Waals surface area contributed by atoms with Crippen LogP contribution in [-0.2, 0) is 24.2 Å². The van der Waals surface area contributed by atoms with Gasteiger partial charge in [0.25, 0.3) is 5.89 Å². The zero-order chi connectivity index (χ0) is 20.9. The number of halogens is 3. The van der Waals surface area contributed by atoms with Crippen LogP contribution in [0.3, 0.4) is 0 Å². The van der Waals surface area contributed by atoms with Crippen LogP contribution in [0.5, 0.6) is 5.75 Å². The van der Waals surface area contributed by atoms with Crippen molar-refractivity contribution in [1.82, 2.24) is 10.2 Å². The second-order valence-electron chi connectivity index (χ2n) is 6.17. The minimum Gasteiger partial charge on any atom is -0.484 e. The number of benzene rings is 2. The third-order valence-corrected chi connectivity index (χ3v) is 3.92. The Morgan fingerprint density at radius 1 is 1.00 bits per heavy atom. The largest absolute Gasteiger partial charge is 0.484 e. The first-order chi connectivity index (χ1) is 13.8. The molecule has 0 radical (unpaired) electrons. The molecule has 2 aromatic carbocycles. The van der Waals surface area contributed by atoms with Gasteiger partial charge in [-0.05, 0) is 54.4 Å². The Morgan fingerprint density at radius 3 is 2.28 bits per heavy atom. The van der Waals surface area contributed by atoms with E-state index in [0.717, 1.165) is 17.7 Å². The lowest BCUT2D eigenvalue weighted by atomic mass is 10.1. The molecule has 0 N–H and O–H groups in total. The van der Waals surface area contributed by atoms with Crippen molar-refractivity contribution in [2.45, 2.75) is 33.2 Å². The van der Waals surface area contributed by atoms with Gasteiger partial charge in [0, 0.05) is 6.92 Å². The van der Waals surface area contributed by atoms with Crippen LogP contribution in [0.25, 0.3) is 0 Å². The Hall–Kier alpha value is -3.36. The van der Waals surface area contributed by atoms with Gasteiger partial charge in [-0.15, -0.1) is 10.2 Å². The minimum absolute atomic E-state index is 0.0697.